The summed E-state index contributed by atoms with van der Waals surface area (Å²) < 4.78 is 20.7. The standard InChI is InChI=1S/C22H25NO6/c1-6-7-15-11-16(12-19(27-3)20(15)28-4)21(24)23-13-14-8-9-18(26-2)17(10-14)22(25)29-5/h6-12H,13H2,1-5H3,(H,23,24). The summed E-state index contributed by atoms with van der Waals surface area (Å²) in [6, 6.07) is 8.41. The van der Waals surface area contributed by atoms with Gasteiger partial charge in [0.05, 0.1) is 28.4 Å². The van der Waals surface area contributed by atoms with E-state index in [0.29, 0.717) is 28.4 Å². The monoisotopic (exact) mass is 399 g/mol. The van der Waals surface area contributed by atoms with E-state index in [4.69, 9.17) is 18.9 Å². The van der Waals surface area contributed by atoms with Gasteiger partial charge in [-0.1, -0.05) is 18.2 Å². The number of hydrogen-bond acceptors (Lipinski definition) is 6. The van der Waals surface area contributed by atoms with Crippen molar-refractivity contribution in [1.82, 2.24) is 5.32 Å². The van der Waals surface area contributed by atoms with E-state index in [1.54, 1.807) is 37.4 Å². The van der Waals surface area contributed by atoms with Crippen LogP contribution in [0.5, 0.6) is 17.2 Å². The molecule has 0 heterocycles. The van der Waals surface area contributed by atoms with E-state index in [1.807, 2.05) is 19.1 Å². The van der Waals surface area contributed by atoms with Crippen molar-refractivity contribution in [3.63, 3.8) is 0 Å². The lowest BCUT2D eigenvalue weighted by atomic mass is 10.1. The fourth-order valence-electron chi connectivity index (χ4n) is 2.85. The Hall–Kier alpha value is -3.48. The Morgan fingerprint density at radius 3 is 2.28 bits per heavy atom. The first-order chi connectivity index (χ1) is 14.0. The Kier molecular flexibility index (Phi) is 7.65. The predicted octanol–water partition coefficient (Wildman–Crippen LogP) is 3.46. The third-order valence-electron chi connectivity index (χ3n) is 4.24. The Morgan fingerprint density at radius 1 is 0.966 bits per heavy atom. The van der Waals surface area contributed by atoms with E-state index in [-0.39, 0.29) is 12.5 Å². The highest BCUT2D eigenvalue weighted by Gasteiger charge is 2.16. The van der Waals surface area contributed by atoms with E-state index in [2.05, 4.69) is 5.32 Å². The molecule has 0 radical (unpaired) electrons. The van der Waals surface area contributed by atoms with Gasteiger partial charge in [0.25, 0.3) is 5.91 Å². The fourth-order valence-corrected chi connectivity index (χ4v) is 2.85. The minimum atomic E-state index is -0.508. The molecule has 2 rings (SSSR count). The number of esters is 1. The second-order valence-corrected chi connectivity index (χ2v) is 6.01. The zero-order valence-corrected chi connectivity index (χ0v) is 17.2. The molecular weight excluding hydrogens is 374 g/mol. The number of amides is 1. The van der Waals surface area contributed by atoms with Crippen molar-refractivity contribution in [2.45, 2.75) is 13.5 Å². The number of ether oxygens (including phenoxy) is 4. The topological polar surface area (TPSA) is 83.1 Å². The predicted molar refractivity (Wildman–Crippen MR) is 110 cm³/mol. The summed E-state index contributed by atoms with van der Waals surface area (Å²) in [5.41, 5.74) is 2.19. The molecule has 0 aliphatic carbocycles. The minimum absolute atomic E-state index is 0.222. The SMILES string of the molecule is CC=Cc1cc(C(=O)NCc2ccc(OC)c(C(=O)OC)c2)cc(OC)c1OC. The summed E-state index contributed by atoms with van der Waals surface area (Å²) in [5.74, 6) is 0.631. The van der Waals surface area contributed by atoms with E-state index in [0.717, 1.165) is 11.1 Å². The normalized spacial score (nSPS) is 10.5. The van der Waals surface area contributed by atoms with E-state index in [9.17, 15) is 9.59 Å². The molecule has 1 N–H and O–H groups in total. The molecule has 0 aliphatic heterocycles. The molecule has 0 fully saturated rings. The van der Waals surface area contributed by atoms with Crippen LogP contribution in [0.3, 0.4) is 0 Å². The van der Waals surface area contributed by atoms with Crippen LogP contribution in [0.2, 0.25) is 0 Å². The summed E-state index contributed by atoms with van der Waals surface area (Å²) in [6.45, 7) is 2.10. The lowest BCUT2D eigenvalue weighted by Crippen LogP contribution is -2.23. The molecule has 0 saturated carbocycles. The van der Waals surface area contributed by atoms with Crippen LogP contribution in [0, 0.1) is 0 Å². The first kappa shape index (κ1) is 21.8. The number of nitrogens with one attached hydrogen (secondary N) is 1. The lowest BCUT2D eigenvalue weighted by Gasteiger charge is -2.14. The molecule has 29 heavy (non-hydrogen) atoms. The summed E-state index contributed by atoms with van der Waals surface area (Å²) in [7, 11) is 5.84. The molecule has 7 heteroatoms. The Labute approximate surface area is 170 Å². The Balaban J connectivity index is 2.25. The van der Waals surface area contributed by atoms with Gasteiger partial charge in [0.2, 0.25) is 0 Å². The summed E-state index contributed by atoms with van der Waals surface area (Å²) in [4.78, 5) is 24.6. The van der Waals surface area contributed by atoms with Crippen molar-refractivity contribution in [3.8, 4) is 17.2 Å². The minimum Gasteiger partial charge on any atom is -0.496 e. The first-order valence-electron chi connectivity index (χ1n) is 8.91. The summed E-state index contributed by atoms with van der Waals surface area (Å²) in [5, 5.41) is 2.84. The van der Waals surface area contributed by atoms with Gasteiger partial charge in [-0.05, 0) is 36.8 Å². The van der Waals surface area contributed by atoms with Crippen LogP contribution in [0.25, 0.3) is 6.08 Å². The van der Waals surface area contributed by atoms with Gasteiger partial charge in [0, 0.05) is 17.7 Å². The fraction of sp³-hybridized carbons (Fsp3) is 0.273. The van der Waals surface area contributed by atoms with Crippen LogP contribution < -0.4 is 19.5 Å². The van der Waals surface area contributed by atoms with Crippen molar-refractivity contribution in [1.29, 1.82) is 0 Å². The molecule has 0 aromatic heterocycles. The molecule has 0 aliphatic rings. The number of allylic oxidation sites excluding steroid dienone is 1. The highest BCUT2D eigenvalue weighted by atomic mass is 16.5. The smallest absolute Gasteiger partial charge is 0.341 e. The van der Waals surface area contributed by atoms with Gasteiger partial charge in [-0.2, -0.15) is 0 Å². The number of carbonyl (C=O) groups is 2. The molecule has 154 valence electrons. The molecule has 7 nitrogen and oxygen atoms in total. The molecule has 2 aromatic rings. The Bertz CT molecular complexity index is 920. The van der Waals surface area contributed by atoms with Crippen LogP contribution in [-0.2, 0) is 11.3 Å². The average molecular weight is 399 g/mol. The largest absolute Gasteiger partial charge is 0.496 e. The highest BCUT2D eigenvalue weighted by Crippen LogP contribution is 2.33. The number of methoxy groups -OCH3 is 4. The number of hydrogen-bond donors (Lipinski definition) is 1. The van der Waals surface area contributed by atoms with E-state index in [1.165, 1.54) is 21.3 Å². The number of carbonyl (C=O) groups excluding carboxylic acids is 2. The summed E-state index contributed by atoms with van der Waals surface area (Å²) >= 11 is 0. The average Bonchev–Trinajstić information content (AvgIpc) is 2.76. The van der Waals surface area contributed by atoms with E-state index >= 15 is 0 Å². The molecule has 0 saturated heterocycles. The zero-order chi connectivity index (χ0) is 21.4. The lowest BCUT2D eigenvalue weighted by molar-refractivity contribution is 0.0597. The van der Waals surface area contributed by atoms with E-state index < -0.39 is 5.97 Å². The van der Waals surface area contributed by atoms with Crippen LogP contribution in [0.1, 0.15) is 38.8 Å². The van der Waals surface area contributed by atoms with Gasteiger partial charge in [-0.15, -0.1) is 0 Å². The third-order valence-corrected chi connectivity index (χ3v) is 4.24. The summed E-state index contributed by atoms with van der Waals surface area (Å²) in [6.07, 6.45) is 3.69. The number of benzene rings is 2. The van der Waals surface area contributed by atoms with Gasteiger partial charge in [0.15, 0.2) is 11.5 Å². The maximum absolute atomic E-state index is 12.7. The van der Waals surface area contributed by atoms with Crippen molar-refractivity contribution >= 4 is 18.0 Å². The molecule has 0 atom stereocenters. The molecule has 1 amide bonds. The molecule has 2 aromatic carbocycles. The Morgan fingerprint density at radius 2 is 1.69 bits per heavy atom. The molecule has 0 spiro atoms. The maximum Gasteiger partial charge on any atom is 0.341 e. The second-order valence-electron chi connectivity index (χ2n) is 6.01. The van der Waals surface area contributed by atoms with Crippen molar-refractivity contribution in [2.24, 2.45) is 0 Å². The van der Waals surface area contributed by atoms with Gasteiger partial charge in [-0.3, -0.25) is 4.79 Å². The van der Waals surface area contributed by atoms with Crippen LogP contribution in [-0.4, -0.2) is 40.3 Å². The van der Waals surface area contributed by atoms with Gasteiger partial charge in [-0.25, -0.2) is 4.79 Å². The molecule has 0 unspecified atom stereocenters. The quantitative estimate of drug-likeness (QED) is 0.685. The molecular formula is C22H25NO6. The van der Waals surface area contributed by atoms with Gasteiger partial charge >= 0.3 is 5.97 Å². The van der Waals surface area contributed by atoms with Crippen molar-refractivity contribution in [2.75, 3.05) is 28.4 Å². The third kappa shape index (κ3) is 5.07. The van der Waals surface area contributed by atoms with Crippen LogP contribution in [0.15, 0.2) is 36.4 Å². The number of rotatable bonds is 8. The maximum atomic E-state index is 12.7. The van der Waals surface area contributed by atoms with Crippen molar-refractivity contribution < 1.29 is 28.5 Å². The highest BCUT2D eigenvalue weighted by molar-refractivity contribution is 5.96. The van der Waals surface area contributed by atoms with Gasteiger partial charge in [0.1, 0.15) is 11.3 Å². The van der Waals surface area contributed by atoms with Crippen LogP contribution >= 0.6 is 0 Å². The second kappa shape index (κ2) is 10.2. The van der Waals surface area contributed by atoms with Gasteiger partial charge < -0.3 is 24.3 Å². The zero-order valence-electron chi connectivity index (χ0n) is 17.2. The molecule has 0 bridgehead atoms. The first-order valence-corrected chi connectivity index (χ1v) is 8.91. The van der Waals surface area contributed by atoms with Crippen molar-refractivity contribution in [3.05, 3.63) is 58.7 Å². The van der Waals surface area contributed by atoms with Crippen LogP contribution in [0.4, 0.5) is 0 Å².